The van der Waals surface area contributed by atoms with E-state index in [2.05, 4.69) is 11.0 Å². The molecule has 1 heterocycles. The van der Waals surface area contributed by atoms with E-state index >= 15 is 0 Å². The molecule has 5 heteroatoms. The van der Waals surface area contributed by atoms with Crippen LogP contribution in [0.5, 0.6) is 11.5 Å². The van der Waals surface area contributed by atoms with Gasteiger partial charge in [-0.05, 0) is 49.9 Å². The smallest absolute Gasteiger partial charge is 0.488 e. The van der Waals surface area contributed by atoms with Crippen molar-refractivity contribution in [1.29, 1.82) is 0 Å². The molecule has 2 aromatic rings. The van der Waals surface area contributed by atoms with E-state index in [0.29, 0.717) is 12.4 Å². The van der Waals surface area contributed by atoms with Crippen molar-refractivity contribution in [2.24, 2.45) is 0 Å². The molecular formula is C20H21NO4. The van der Waals surface area contributed by atoms with E-state index in [1.807, 2.05) is 44.4 Å². The first-order valence-electron chi connectivity index (χ1n) is 8.16. The van der Waals surface area contributed by atoms with Crippen molar-refractivity contribution in [3.05, 3.63) is 65.2 Å². The molecule has 1 aliphatic heterocycles. The second-order valence-corrected chi connectivity index (χ2v) is 6.18. The molecule has 1 N–H and O–H groups in total. The van der Waals surface area contributed by atoms with Gasteiger partial charge >= 0.3 is 6.16 Å². The molecule has 0 aromatic heterocycles. The average molecular weight is 339 g/mol. The van der Waals surface area contributed by atoms with Crippen LogP contribution in [0.3, 0.4) is 0 Å². The van der Waals surface area contributed by atoms with Crippen LogP contribution in [0.25, 0.3) is 5.57 Å². The molecule has 1 aliphatic rings. The Morgan fingerprint density at radius 3 is 2.80 bits per heavy atom. The van der Waals surface area contributed by atoms with Crippen LogP contribution >= 0.6 is 0 Å². The minimum absolute atomic E-state index is 0.299. The molecule has 25 heavy (non-hydrogen) atoms. The van der Waals surface area contributed by atoms with Gasteiger partial charge in [0.1, 0.15) is 18.1 Å². The molecule has 0 atom stereocenters. The van der Waals surface area contributed by atoms with Crippen molar-refractivity contribution in [1.82, 2.24) is 4.90 Å². The molecule has 0 spiro atoms. The largest absolute Gasteiger partial charge is 0.511 e. The van der Waals surface area contributed by atoms with E-state index in [-0.39, 0.29) is 0 Å². The summed E-state index contributed by atoms with van der Waals surface area (Å²) in [5.41, 5.74) is 4.10. The zero-order valence-corrected chi connectivity index (χ0v) is 14.4. The van der Waals surface area contributed by atoms with E-state index in [4.69, 9.17) is 14.6 Å². The van der Waals surface area contributed by atoms with E-state index in [0.717, 1.165) is 41.0 Å². The predicted molar refractivity (Wildman–Crippen MR) is 96.1 cm³/mol. The van der Waals surface area contributed by atoms with E-state index in [9.17, 15) is 4.79 Å². The molecule has 5 nitrogen and oxygen atoms in total. The number of hydrogen-bond acceptors (Lipinski definition) is 4. The van der Waals surface area contributed by atoms with Gasteiger partial charge in [0.25, 0.3) is 0 Å². The number of carboxylic acid groups (broad SMARTS) is 1. The molecule has 3 rings (SSSR count). The predicted octanol–water partition coefficient (Wildman–Crippen LogP) is 4.02. The van der Waals surface area contributed by atoms with Gasteiger partial charge in [0.15, 0.2) is 0 Å². The summed E-state index contributed by atoms with van der Waals surface area (Å²) in [5.74, 6) is 1.13. The highest BCUT2D eigenvalue weighted by molar-refractivity contribution is 5.85. The highest BCUT2D eigenvalue weighted by Gasteiger charge is 2.19. The Morgan fingerprint density at radius 1 is 1.24 bits per heavy atom. The monoisotopic (exact) mass is 339 g/mol. The Bertz CT molecular complexity index is 811. The summed E-state index contributed by atoms with van der Waals surface area (Å²) in [4.78, 5) is 12.9. The Kier molecular flexibility index (Phi) is 5.05. The fraction of sp³-hybridized carbons (Fsp3) is 0.250. The standard InChI is InChI=1S/C20H21NO4/c1-21(2)11-5-7-17-16-10-9-15(25-20(22)23)12-14(16)13-24-19-8-4-3-6-18(17)19/h3-4,6-10,12H,5,11,13H2,1-2H3,(H,22,23)/b17-7-. The van der Waals surface area contributed by atoms with Crippen LogP contribution < -0.4 is 9.47 Å². The Hall–Kier alpha value is -2.79. The van der Waals surface area contributed by atoms with Crippen LogP contribution in [0.4, 0.5) is 4.79 Å². The van der Waals surface area contributed by atoms with Gasteiger partial charge in [-0.3, -0.25) is 0 Å². The average Bonchev–Trinajstić information content (AvgIpc) is 2.71. The SMILES string of the molecule is CN(C)CC/C=C1/c2ccc(OC(=O)O)cc2COc2ccccc21. The topological polar surface area (TPSA) is 59.0 Å². The molecule has 0 amide bonds. The van der Waals surface area contributed by atoms with Crippen LogP contribution in [0.2, 0.25) is 0 Å². The van der Waals surface area contributed by atoms with E-state index < -0.39 is 6.16 Å². The van der Waals surface area contributed by atoms with Crippen molar-refractivity contribution in [2.75, 3.05) is 20.6 Å². The number of hydrogen-bond donors (Lipinski definition) is 1. The Morgan fingerprint density at radius 2 is 2.04 bits per heavy atom. The van der Waals surface area contributed by atoms with Gasteiger partial charge < -0.3 is 19.5 Å². The zero-order valence-electron chi connectivity index (χ0n) is 14.4. The minimum atomic E-state index is -1.32. The molecule has 0 radical (unpaired) electrons. The molecule has 130 valence electrons. The molecule has 0 saturated carbocycles. The van der Waals surface area contributed by atoms with Gasteiger partial charge in [-0.15, -0.1) is 0 Å². The third kappa shape index (κ3) is 4.00. The molecule has 0 saturated heterocycles. The van der Waals surface area contributed by atoms with Crippen molar-refractivity contribution >= 4 is 11.7 Å². The Balaban J connectivity index is 2.04. The number of rotatable bonds is 4. The maximum atomic E-state index is 10.8. The third-order valence-electron chi connectivity index (χ3n) is 4.06. The lowest BCUT2D eigenvalue weighted by molar-refractivity contribution is 0.144. The van der Waals surface area contributed by atoms with Crippen LogP contribution in [0.15, 0.2) is 48.5 Å². The van der Waals surface area contributed by atoms with Gasteiger partial charge in [0, 0.05) is 17.7 Å². The highest BCUT2D eigenvalue weighted by atomic mass is 16.7. The number of carbonyl (C=O) groups is 1. The number of benzene rings is 2. The minimum Gasteiger partial charge on any atom is -0.488 e. The number of nitrogens with zero attached hydrogens (tertiary/aromatic N) is 1. The fourth-order valence-corrected chi connectivity index (χ4v) is 2.92. The number of fused-ring (bicyclic) bond motifs is 2. The number of para-hydroxylation sites is 1. The molecule has 2 aromatic carbocycles. The molecular weight excluding hydrogens is 318 g/mol. The lowest BCUT2D eigenvalue weighted by Gasteiger charge is -2.12. The summed E-state index contributed by atoms with van der Waals surface area (Å²) in [6.07, 6.45) is 1.80. The van der Waals surface area contributed by atoms with Gasteiger partial charge in [-0.1, -0.05) is 30.3 Å². The van der Waals surface area contributed by atoms with Crippen LogP contribution in [-0.4, -0.2) is 36.8 Å². The summed E-state index contributed by atoms with van der Waals surface area (Å²) in [5, 5.41) is 8.82. The second-order valence-electron chi connectivity index (χ2n) is 6.18. The molecule has 0 fully saturated rings. The summed E-state index contributed by atoms with van der Waals surface area (Å²) in [7, 11) is 4.10. The first-order chi connectivity index (χ1) is 12.0. The maximum absolute atomic E-state index is 10.8. The molecule has 0 unspecified atom stereocenters. The summed E-state index contributed by atoms with van der Waals surface area (Å²) >= 11 is 0. The van der Waals surface area contributed by atoms with Crippen molar-refractivity contribution in [2.45, 2.75) is 13.0 Å². The van der Waals surface area contributed by atoms with Crippen molar-refractivity contribution in [3.8, 4) is 11.5 Å². The summed E-state index contributed by atoms with van der Waals surface area (Å²) in [6, 6.07) is 13.3. The second kappa shape index (κ2) is 7.40. The van der Waals surface area contributed by atoms with Crippen molar-refractivity contribution < 1.29 is 19.4 Å². The first kappa shape index (κ1) is 17.0. The Labute approximate surface area is 147 Å². The van der Waals surface area contributed by atoms with Crippen LogP contribution in [0.1, 0.15) is 23.1 Å². The van der Waals surface area contributed by atoms with Crippen LogP contribution in [-0.2, 0) is 6.61 Å². The third-order valence-corrected chi connectivity index (χ3v) is 4.06. The highest BCUT2D eigenvalue weighted by Crippen LogP contribution is 2.38. The maximum Gasteiger partial charge on any atom is 0.511 e. The van der Waals surface area contributed by atoms with Crippen LogP contribution in [0, 0.1) is 0 Å². The summed E-state index contributed by atoms with van der Waals surface area (Å²) in [6.45, 7) is 1.32. The van der Waals surface area contributed by atoms with E-state index in [1.165, 1.54) is 0 Å². The molecule has 0 bridgehead atoms. The number of ether oxygens (including phenoxy) is 2. The lowest BCUT2D eigenvalue weighted by Crippen LogP contribution is -2.12. The molecule has 0 aliphatic carbocycles. The van der Waals surface area contributed by atoms with Crippen molar-refractivity contribution in [3.63, 3.8) is 0 Å². The van der Waals surface area contributed by atoms with Gasteiger partial charge in [0.2, 0.25) is 0 Å². The zero-order chi connectivity index (χ0) is 17.8. The first-order valence-corrected chi connectivity index (χ1v) is 8.16. The van der Waals surface area contributed by atoms with E-state index in [1.54, 1.807) is 12.1 Å². The van der Waals surface area contributed by atoms with Gasteiger partial charge in [0.05, 0.1) is 0 Å². The quantitative estimate of drug-likeness (QED) is 0.673. The van der Waals surface area contributed by atoms with Gasteiger partial charge in [-0.2, -0.15) is 0 Å². The lowest BCUT2D eigenvalue weighted by atomic mass is 9.93. The summed E-state index contributed by atoms with van der Waals surface area (Å²) < 4.78 is 10.7. The van der Waals surface area contributed by atoms with Gasteiger partial charge in [-0.25, -0.2) is 4.79 Å². The normalized spacial score (nSPS) is 14.4. The fourth-order valence-electron chi connectivity index (χ4n) is 2.92.